The summed E-state index contributed by atoms with van der Waals surface area (Å²) in [6, 6.07) is 10.6. The number of benzene rings is 2. The summed E-state index contributed by atoms with van der Waals surface area (Å²) in [7, 11) is 0. The summed E-state index contributed by atoms with van der Waals surface area (Å²) >= 11 is 0. The van der Waals surface area contributed by atoms with E-state index in [4.69, 9.17) is 18.9 Å². The lowest BCUT2D eigenvalue weighted by molar-refractivity contribution is -0.120. The molecule has 8 nitrogen and oxygen atoms in total. The molecule has 140 valence electrons. The minimum Gasteiger partial charge on any atom is -0.454 e. The number of fused-ring (bicyclic) bond motifs is 2. The van der Waals surface area contributed by atoms with E-state index in [1.807, 2.05) is 18.2 Å². The highest BCUT2D eigenvalue weighted by Crippen LogP contribution is 2.33. The number of nitrogens with one attached hydrogen (secondary N) is 2. The van der Waals surface area contributed by atoms with E-state index < -0.39 is 0 Å². The second kappa shape index (κ2) is 7.45. The van der Waals surface area contributed by atoms with Gasteiger partial charge in [-0.25, -0.2) is 0 Å². The van der Waals surface area contributed by atoms with Crippen LogP contribution in [0, 0.1) is 0 Å². The Bertz CT molecular complexity index is 882. The molecule has 0 saturated carbocycles. The average Bonchev–Trinajstić information content (AvgIpc) is 3.34. The van der Waals surface area contributed by atoms with E-state index in [2.05, 4.69) is 10.6 Å². The summed E-state index contributed by atoms with van der Waals surface area (Å²) in [4.78, 5) is 24.1. The molecular weight excluding hydrogens is 352 g/mol. The zero-order valence-electron chi connectivity index (χ0n) is 14.4. The molecule has 2 aromatic carbocycles. The number of hydrogen-bond acceptors (Lipinski definition) is 6. The summed E-state index contributed by atoms with van der Waals surface area (Å²) in [5.41, 5.74) is 1.44. The number of hydrogen-bond donors (Lipinski definition) is 2. The molecule has 0 unspecified atom stereocenters. The van der Waals surface area contributed by atoms with E-state index in [-0.39, 0.29) is 31.9 Å². The molecular formula is C19H18N2O6. The molecule has 2 N–H and O–H groups in total. The van der Waals surface area contributed by atoms with Gasteiger partial charge in [-0.2, -0.15) is 0 Å². The van der Waals surface area contributed by atoms with Crippen LogP contribution in [0.4, 0.5) is 0 Å². The van der Waals surface area contributed by atoms with Crippen molar-refractivity contribution in [2.75, 3.05) is 26.7 Å². The SMILES string of the molecule is O=C(CNC(=O)c1ccc2c(c1)OCO2)NCCc1ccc2c(c1)OCO2. The average molecular weight is 370 g/mol. The van der Waals surface area contributed by atoms with Crippen molar-refractivity contribution >= 4 is 11.8 Å². The Morgan fingerprint density at radius 2 is 1.48 bits per heavy atom. The number of amides is 2. The molecule has 0 aliphatic carbocycles. The summed E-state index contributed by atoms with van der Waals surface area (Å²) in [6.45, 7) is 0.734. The molecule has 2 amide bonds. The highest BCUT2D eigenvalue weighted by atomic mass is 16.7. The summed E-state index contributed by atoms with van der Waals surface area (Å²) in [6.07, 6.45) is 0.651. The molecule has 0 radical (unpaired) electrons. The monoisotopic (exact) mass is 370 g/mol. The zero-order chi connectivity index (χ0) is 18.6. The van der Waals surface area contributed by atoms with Crippen LogP contribution in [0.5, 0.6) is 23.0 Å². The first kappa shape index (κ1) is 17.0. The number of rotatable bonds is 6. The fourth-order valence-corrected chi connectivity index (χ4v) is 2.81. The van der Waals surface area contributed by atoms with E-state index in [9.17, 15) is 9.59 Å². The van der Waals surface area contributed by atoms with Crippen LogP contribution in [0.3, 0.4) is 0 Å². The quantitative estimate of drug-likeness (QED) is 0.794. The Kier molecular flexibility index (Phi) is 4.69. The Labute approximate surface area is 155 Å². The molecule has 0 saturated heterocycles. The second-order valence-corrected chi connectivity index (χ2v) is 6.04. The van der Waals surface area contributed by atoms with Crippen LogP contribution < -0.4 is 29.6 Å². The molecule has 8 heteroatoms. The van der Waals surface area contributed by atoms with Crippen molar-refractivity contribution in [3.63, 3.8) is 0 Å². The van der Waals surface area contributed by atoms with Gasteiger partial charge in [-0.15, -0.1) is 0 Å². The normalized spacial score (nSPS) is 13.3. The van der Waals surface area contributed by atoms with Crippen molar-refractivity contribution in [2.24, 2.45) is 0 Å². The molecule has 0 fully saturated rings. The number of carbonyl (C=O) groups excluding carboxylic acids is 2. The van der Waals surface area contributed by atoms with Gasteiger partial charge in [-0.05, 0) is 42.3 Å². The molecule has 2 aromatic rings. The molecule has 27 heavy (non-hydrogen) atoms. The second-order valence-electron chi connectivity index (χ2n) is 6.04. The van der Waals surface area contributed by atoms with Gasteiger partial charge in [0.2, 0.25) is 19.5 Å². The van der Waals surface area contributed by atoms with Gasteiger partial charge in [0.1, 0.15) is 0 Å². The smallest absolute Gasteiger partial charge is 0.251 e. The van der Waals surface area contributed by atoms with Crippen LogP contribution in [-0.4, -0.2) is 38.5 Å². The van der Waals surface area contributed by atoms with Crippen molar-refractivity contribution in [1.82, 2.24) is 10.6 Å². The van der Waals surface area contributed by atoms with Crippen molar-refractivity contribution in [2.45, 2.75) is 6.42 Å². The molecule has 2 aliphatic rings. The highest BCUT2D eigenvalue weighted by Gasteiger charge is 2.17. The van der Waals surface area contributed by atoms with Crippen LogP contribution in [0.1, 0.15) is 15.9 Å². The Morgan fingerprint density at radius 3 is 2.26 bits per heavy atom. The minimum atomic E-state index is -0.348. The summed E-state index contributed by atoms with van der Waals surface area (Å²) in [5.74, 6) is 1.97. The molecule has 0 bridgehead atoms. The molecule has 2 aliphatic heterocycles. The van der Waals surface area contributed by atoms with Crippen molar-refractivity contribution in [3.05, 3.63) is 47.5 Å². The molecule has 4 rings (SSSR count). The third-order valence-electron chi connectivity index (χ3n) is 4.22. The lowest BCUT2D eigenvalue weighted by Crippen LogP contribution is -2.37. The summed E-state index contributed by atoms with van der Waals surface area (Å²) in [5, 5.41) is 5.37. The van der Waals surface area contributed by atoms with Gasteiger partial charge in [-0.3, -0.25) is 9.59 Å². The van der Waals surface area contributed by atoms with Crippen LogP contribution in [-0.2, 0) is 11.2 Å². The largest absolute Gasteiger partial charge is 0.454 e. The van der Waals surface area contributed by atoms with Gasteiger partial charge in [0.25, 0.3) is 5.91 Å². The topological polar surface area (TPSA) is 95.1 Å². The standard InChI is InChI=1S/C19H18N2O6/c22-18(20-6-5-12-1-3-14-16(7-12)26-10-24-14)9-21-19(23)13-2-4-15-17(8-13)27-11-25-15/h1-4,7-8H,5-6,9-11H2,(H,20,22)(H,21,23). The van der Waals surface area contributed by atoms with Gasteiger partial charge in [0.15, 0.2) is 23.0 Å². The fraction of sp³-hybridized carbons (Fsp3) is 0.263. The van der Waals surface area contributed by atoms with E-state index in [0.717, 1.165) is 17.1 Å². The van der Waals surface area contributed by atoms with Crippen LogP contribution in [0.15, 0.2) is 36.4 Å². The van der Waals surface area contributed by atoms with Crippen molar-refractivity contribution < 1.29 is 28.5 Å². The molecule has 2 heterocycles. The number of ether oxygens (including phenoxy) is 4. The first-order chi connectivity index (χ1) is 13.2. The van der Waals surface area contributed by atoms with Gasteiger partial charge in [0.05, 0.1) is 6.54 Å². The molecule has 0 atom stereocenters. The maximum Gasteiger partial charge on any atom is 0.251 e. The fourth-order valence-electron chi connectivity index (χ4n) is 2.81. The van der Waals surface area contributed by atoms with E-state index in [1.165, 1.54) is 0 Å². The van der Waals surface area contributed by atoms with Gasteiger partial charge < -0.3 is 29.6 Å². The van der Waals surface area contributed by atoms with Crippen LogP contribution in [0.25, 0.3) is 0 Å². The van der Waals surface area contributed by atoms with Crippen LogP contribution in [0.2, 0.25) is 0 Å². The maximum absolute atomic E-state index is 12.1. The van der Waals surface area contributed by atoms with E-state index >= 15 is 0 Å². The Morgan fingerprint density at radius 1 is 0.815 bits per heavy atom. The lowest BCUT2D eigenvalue weighted by atomic mass is 10.1. The Hall–Kier alpha value is -3.42. The molecule has 0 spiro atoms. The first-order valence-electron chi connectivity index (χ1n) is 8.52. The Balaban J connectivity index is 1.21. The van der Waals surface area contributed by atoms with Crippen LogP contribution >= 0.6 is 0 Å². The minimum absolute atomic E-state index is 0.103. The predicted molar refractivity (Wildman–Crippen MR) is 94.2 cm³/mol. The van der Waals surface area contributed by atoms with Crippen molar-refractivity contribution in [1.29, 1.82) is 0 Å². The maximum atomic E-state index is 12.1. The van der Waals surface area contributed by atoms with Gasteiger partial charge in [0, 0.05) is 12.1 Å². The molecule has 0 aromatic heterocycles. The summed E-state index contributed by atoms with van der Waals surface area (Å²) < 4.78 is 21.0. The van der Waals surface area contributed by atoms with Crippen molar-refractivity contribution in [3.8, 4) is 23.0 Å². The van der Waals surface area contributed by atoms with E-state index in [1.54, 1.807) is 18.2 Å². The predicted octanol–water partition coefficient (Wildman–Crippen LogP) is 1.23. The lowest BCUT2D eigenvalue weighted by Gasteiger charge is -2.08. The van der Waals surface area contributed by atoms with E-state index in [0.29, 0.717) is 30.0 Å². The third-order valence-corrected chi connectivity index (χ3v) is 4.22. The van der Waals surface area contributed by atoms with Gasteiger partial charge in [-0.1, -0.05) is 6.07 Å². The zero-order valence-corrected chi connectivity index (χ0v) is 14.4. The highest BCUT2D eigenvalue weighted by molar-refractivity contribution is 5.97. The van der Waals surface area contributed by atoms with Gasteiger partial charge >= 0.3 is 0 Å². The first-order valence-corrected chi connectivity index (χ1v) is 8.52. The number of carbonyl (C=O) groups is 2. The third kappa shape index (κ3) is 3.89.